The van der Waals surface area contributed by atoms with Crippen LogP contribution in [0.1, 0.15) is 77.5 Å². The molecule has 1 aromatic heterocycles. The summed E-state index contributed by atoms with van der Waals surface area (Å²) in [6, 6.07) is 9.08. The largest absolute Gasteiger partial charge is 0.383 e. The number of rotatable bonds is 16. The Hall–Kier alpha value is -2.70. The second kappa shape index (κ2) is 15.0. The molecule has 5 nitrogen and oxygen atoms in total. The number of likely N-dealkylation sites (tertiary alicyclic amines) is 1. The zero-order valence-electron chi connectivity index (χ0n) is 25.9. The summed E-state index contributed by atoms with van der Waals surface area (Å²) in [6.07, 6.45) is 9.28. The minimum absolute atomic E-state index is 0.270. The van der Waals surface area contributed by atoms with Crippen LogP contribution in [0, 0.1) is 18.8 Å². The molecule has 1 N–H and O–H groups in total. The van der Waals surface area contributed by atoms with E-state index < -0.39 is 0 Å². The number of aromatic nitrogens is 1. The van der Waals surface area contributed by atoms with Crippen molar-refractivity contribution in [2.24, 2.45) is 16.8 Å². The van der Waals surface area contributed by atoms with E-state index in [1.165, 1.54) is 33.0 Å². The summed E-state index contributed by atoms with van der Waals surface area (Å²) >= 11 is 1.70. The van der Waals surface area contributed by atoms with E-state index in [-0.39, 0.29) is 6.04 Å². The van der Waals surface area contributed by atoms with E-state index in [1.807, 2.05) is 5.51 Å². The number of allylic oxidation sites excluding steroid dienone is 2. The summed E-state index contributed by atoms with van der Waals surface area (Å²) in [4.78, 5) is 13.1. The first-order chi connectivity index (χ1) is 19.8. The minimum atomic E-state index is 0.270. The molecule has 2 aliphatic heterocycles. The number of nitrogens with one attached hydrogen (secondary N) is 1. The molecule has 41 heavy (non-hydrogen) atoms. The molecule has 4 rings (SSSR count). The highest BCUT2D eigenvalue weighted by atomic mass is 32.1. The zero-order chi connectivity index (χ0) is 29.4. The number of nitrogens with zero attached hydrogens (tertiary/aromatic N) is 3. The molecule has 222 valence electrons. The van der Waals surface area contributed by atoms with Crippen LogP contribution in [-0.2, 0) is 11.3 Å². The van der Waals surface area contributed by atoms with Crippen molar-refractivity contribution in [2.45, 2.75) is 91.8 Å². The molecule has 3 heterocycles. The van der Waals surface area contributed by atoms with Crippen molar-refractivity contribution >= 4 is 17.0 Å². The standard InChI is InChI=1S/C35H50N4OS/c1-8-11-32(40-9-2)18-17-31-20-30(22-37-31)34(24(3)4)27(7)39-19-10-12-33(39)25(5)36-21-28-13-15-29(16-14-28)35-26(6)38-23-41-35/h13-16,20,23-24,32-34,36H,5,7-12,17-19,21-22H2,1-4,6H3. The Kier molecular flexibility index (Phi) is 11.4. The lowest BCUT2D eigenvalue weighted by molar-refractivity contribution is 0.0518. The Balaban J connectivity index is 1.35. The molecule has 0 aliphatic carbocycles. The average Bonchev–Trinajstić information content (AvgIpc) is 3.72. The number of hydrogen-bond donors (Lipinski definition) is 1. The predicted molar refractivity (Wildman–Crippen MR) is 175 cm³/mol. The van der Waals surface area contributed by atoms with Crippen LogP contribution in [0.5, 0.6) is 0 Å². The monoisotopic (exact) mass is 574 g/mol. The summed E-state index contributed by atoms with van der Waals surface area (Å²) in [5.74, 6) is 0.758. The third-order valence-corrected chi connectivity index (χ3v) is 9.46. The van der Waals surface area contributed by atoms with E-state index in [1.54, 1.807) is 11.3 Å². The molecule has 1 aromatic carbocycles. The van der Waals surface area contributed by atoms with E-state index in [2.05, 4.69) is 93.3 Å². The van der Waals surface area contributed by atoms with Gasteiger partial charge in [-0.1, -0.05) is 64.6 Å². The number of aryl methyl sites for hydroxylation is 1. The van der Waals surface area contributed by atoms with Gasteiger partial charge in [-0.05, 0) is 74.6 Å². The Labute approximate surface area is 252 Å². The van der Waals surface area contributed by atoms with Gasteiger partial charge in [-0.2, -0.15) is 0 Å². The Morgan fingerprint density at radius 2 is 1.95 bits per heavy atom. The zero-order valence-corrected chi connectivity index (χ0v) is 26.7. The fourth-order valence-electron chi connectivity index (χ4n) is 6.38. The topological polar surface area (TPSA) is 49.8 Å². The van der Waals surface area contributed by atoms with Gasteiger partial charge in [0.1, 0.15) is 0 Å². The SMILES string of the molecule is C=C(NCc1ccc(-c2scnc2C)cc1)C1CCCN1C(=C)C(C1=CC(CCC(CCC)OCC)=NC1)C(C)C. The maximum atomic E-state index is 5.95. The van der Waals surface area contributed by atoms with Gasteiger partial charge in [0.15, 0.2) is 0 Å². The molecule has 3 atom stereocenters. The summed E-state index contributed by atoms with van der Waals surface area (Å²) < 4.78 is 5.95. The lowest BCUT2D eigenvalue weighted by atomic mass is 9.84. The van der Waals surface area contributed by atoms with Crippen LogP contribution in [0.15, 0.2) is 71.0 Å². The van der Waals surface area contributed by atoms with Crippen LogP contribution in [-0.4, -0.2) is 47.4 Å². The number of benzene rings is 1. The fourth-order valence-corrected chi connectivity index (χ4v) is 7.19. The molecule has 0 spiro atoms. The molecule has 1 saturated heterocycles. The van der Waals surface area contributed by atoms with Crippen molar-refractivity contribution in [2.75, 3.05) is 19.7 Å². The molecular formula is C35H50N4OS. The summed E-state index contributed by atoms with van der Waals surface area (Å²) in [5, 5.41) is 3.65. The summed E-state index contributed by atoms with van der Waals surface area (Å²) in [7, 11) is 0. The highest BCUT2D eigenvalue weighted by Gasteiger charge is 2.34. The van der Waals surface area contributed by atoms with Gasteiger partial charge in [0.05, 0.1) is 34.8 Å². The van der Waals surface area contributed by atoms with Crippen molar-refractivity contribution in [3.63, 3.8) is 0 Å². The van der Waals surface area contributed by atoms with Crippen molar-refractivity contribution < 1.29 is 4.74 Å². The molecule has 0 amide bonds. The van der Waals surface area contributed by atoms with Gasteiger partial charge in [-0.3, -0.25) is 4.99 Å². The first kappa shape index (κ1) is 31.2. The number of ether oxygens (including phenoxy) is 1. The van der Waals surface area contributed by atoms with Gasteiger partial charge in [-0.25, -0.2) is 4.98 Å². The van der Waals surface area contributed by atoms with E-state index in [9.17, 15) is 0 Å². The van der Waals surface area contributed by atoms with Gasteiger partial charge in [0, 0.05) is 42.7 Å². The fraction of sp³-hybridized carbons (Fsp3) is 0.543. The smallest absolute Gasteiger partial charge is 0.0801 e. The molecule has 2 aromatic rings. The third-order valence-electron chi connectivity index (χ3n) is 8.48. The lowest BCUT2D eigenvalue weighted by Crippen LogP contribution is -2.38. The van der Waals surface area contributed by atoms with Crippen molar-refractivity contribution in [3.8, 4) is 10.4 Å². The van der Waals surface area contributed by atoms with Crippen LogP contribution in [0.25, 0.3) is 10.4 Å². The summed E-state index contributed by atoms with van der Waals surface area (Å²) in [6.45, 7) is 23.6. The molecule has 0 saturated carbocycles. The molecule has 3 unspecified atom stereocenters. The number of hydrogen-bond acceptors (Lipinski definition) is 6. The predicted octanol–water partition coefficient (Wildman–Crippen LogP) is 8.34. The van der Waals surface area contributed by atoms with Crippen LogP contribution < -0.4 is 5.32 Å². The van der Waals surface area contributed by atoms with Gasteiger partial charge in [0.25, 0.3) is 0 Å². The normalized spacial score (nSPS) is 18.4. The van der Waals surface area contributed by atoms with Gasteiger partial charge >= 0.3 is 0 Å². The third kappa shape index (κ3) is 7.98. The average molecular weight is 575 g/mol. The molecule has 0 bridgehead atoms. The maximum absolute atomic E-state index is 5.95. The molecular weight excluding hydrogens is 524 g/mol. The maximum Gasteiger partial charge on any atom is 0.0801 e. The summed E-state index contributed by atoms with van der Waals surface area (Å²) in [5.41, 5.74) is 10.4. The van der Waals surface area contributed by atoms with Gasteiger partial charge in [-0.15, -0.1) is 11.3 Å². The van der Waals surface area contributed by atoms with Crippen LogP contribution >= 0.6 is 11.3 Å². The van der Waals surface area contributed by atoms with Crippen molar-refractivity contribution in [1.82, 2.24) is 15.2 Å². The molecule has 2 aliphatic rings. The van der Waals surface area contributed by atoms with Crippen molar-refractivity contribution in [1.29, 1.82) is 0 Å². The second-order valence-electron chi connectivity index (χ2n) is 11.8. The van der Waals surface area contributed by atoms with E-state index in [4.69, 9.17) is 9.73 Å². The minimum Gasteiger partial charge on any atom is -0.383 e. The number of thiazole rings is 1. The van der Waals surface area contributed by atoms with Crippen LogP contribution in [0.2, 0.25) is 0 Å². The quantitative estimate of drug-likeness (QED) is 0.219. The van der Waals surface area contributed by atoms with Crippen molar-refractivity contribution in [3.05, 3.63) is 77.2 Å². The molecule has 6 heteroatoms. The van der Waals surface area contributed by atoms with Crippen LogP contribution in [0.4, 0.5) is 0 Å². The lowest BCUT2D eigenvalue weighted by Gasteiger charge is -2.36. The first-order valence-corrected chi connectivity index (χ1v) is 16.4. The first-order valence-electron chi connectivity index (χ1n) is 15.5. The highest BCUT2D eigenvalue weighted by Crippen LogP contribution is 2.37. The Bertz CT molecular complexity index is 1220. The van der Waals surface area contributed by atoms with Gasteiger partial charge in [0.2, 0.25) is 0 Å². The van der Waals surface area contributed by atoms with E-state index >= 15 is 0 Å². The second-order valence-corrected chi connectivity index (χ2v) is 12.7. The van der Waals surface area contributed by atoms with E-state index in [0.29, 0.717) is 17.9 Å². The highest BCUT2D eigenvalue weighted by molar-refractivity contribution is 7.13. The number of aliphatic imine (C=N–C) groups is 1. The molecule has 0 radical (unpaired) electrons. The molecule has 1 fully saturated rings. The van der Waals surface area contributed by atoms with Crippen LogP contribution in [0.3, 0.4) is 0 Å². The van der Waals surface area contributed by atoms with Gasteiger partial charge < -0.3 is 15.0 Å². The van der Waals surface area contributed by atoms with E-state index in [0.717, 1.165) is 76.2 Å². The Morgan fingerprint density at radius 1 is 1.17 bits per heavy atom. The Morgan fingerprint density at radius 3 is 2.61 bits per heavy atom.